The zero-order valence-electron chi connectivity index (χ0n) is 34.4. The highest BCUT2D eigenvalue weighted by Gasteiger charge is 2.19. The van der Waals surface area contributed by atoms with E-state index in [-0.39, 0.29) is 0 Å². The number of para-hydroxylation sites is 4. The Labute approximate surface area is 364 Å². The molecule has 0 radical (unpaired) electrons. The molecule has 13 rings (SSSR count). The van der Waals surface area contributed by atoms with Crippen molar-refractivity contribution in [3.05, 3.63) is 237 Å². The average Bonchev–Trinajstić information content (AvgIpc) is 3.99. The summed E-state index contributed by atoms with van der Waals surface area (Å²) in [4.78, 5) is 0. The second-order valence-electron chi connectivity index (χ2n) is 16.6. The fourth-order valence-corrected chi connectivity index (χ4v) is 10.2. The van der Waals surface area contributed by atoms with Crippen LogP contribution < -0.4 is 0 Å². The predicted octanol–water partition coefficient (Wildman–Crippen LogP) is 16.0. The van der Waals surface area contributed by atoms with Crippen molar-refractivity contribution in [3.63, 3.8) is 0 Å². The summed E-state index contributed by atoms with van der Waals surface area (Å²) in [6.45, 7) is 0. The van der Waals surface area contributed by atoms with Gasteiger partial charge in [0.2, 0.25) is 0 Å². The van der Waals surface area contributed by atoms with E-state index in [0.29, 0.717) is 0 Å². The number of aromatic nitrogens is 3. The molecule has 0 saturated carbocycles. The molecule has 3 heterocycles. The zero-order valence-corrected chi connectivity index (χ0v) is 34.4. The molecule has 0 spiro atoms. The quantitative estimate of drug-likeness (QED) is 0.159. The largest absolute Gasteiger partial charge is 0.309 e. The van der Waals surface area contributed by atoms with Gasteiger partial charge in [-0.25, -0.2) is 0 Å². The normalized spacial score (nSPS) is 11.8. The van der Waals surface area contributed by atoms with E-state index >= 15 is 0 Å². The van der Waals surface area contributed by atoms with Gasteiger partial charge in [-0.3, -0.25) is 0 Å². The number of hydrogen-bond donors (Lipinski definition) is 0. The smallest absolute Gasteiger partial charge is 0.0542 e. The number of benzene rings is 10. The van der Waals surface area contributed by atoms with Crippen molar-refractivity contribution < 1.29 is 0 Å². The first-order chi connectivity index (χ1) is 31.2. The molecule has 0 fully saturated rings. The minimum atomic E-state index is 1.14. The highest BCUT2D eigenvalue weighted by atomic mass is 15.0. The molecule has 0 unspecified atom stereocenters. The van der Waals surface area contributed by atoms with Crippen LogP contribution in [0.15, 0.2) is 237 Å². The Kier molecular flexibility index (Phi) is 7.91. The molecule has 294 valence electrons. The highest BCUT2D eigenvalue weighted by Crippen LogP contribution is 2.41. The summed E-state index contributed by atoms with van der Waals surface area (Å²) in [7, 11) is 0. The Bertz CT molecular complexity index is 3830. The van der Waals surface area contributed by atoms with Crippen molar-refractivity contribution in [2.75, 3.05) is 0 Å². The maximum Gasteiger partial charge on any atom is 0.0542 e. The first-order valence-corrected chi connectivity index (χ1v) is 21.7. The van der Waals surface area contributed by atoms with Gasteiger partial charge in [-0.1, -0.05) is 146 Å². The fraction of sp³-hybridized carbons (Fsp3) is 0. The monoisotopic (exact) mass is 801 g/mol. The van der Waals surface area contributed by atoms with Crippen molar-refractivity contribution in [1.29, 1.82) is 0 Å². The molecule has 3 heteroatoms. The van der Waals surface area contributed by atoms with Gasteiger partial charge >= 0.3 is 0 Å². The topological polar surface area (TPSA) is 14.8 Å². The molecule has 0 aliphatic rings. The van der Waals surface area contributed by atoms with Gasteiger partial charge in [0.25, 0.3) is 0 Å². The Balaban J connectivity index is 0.975. The van der Waals surface area contributed by atoms with E-state index in [1.165, 1.54) is 104 Å². The van der Waals surface area contributed by atoms with Gasteiger partial charge < -0.3 is 13.7 Å². The van der Waals surface area contributed by atoms with Crippen molar-refractivity contribution in [2.45, 2.75) is 0 Å². The van der Waals surface area contributed by atoms with Gasteiger partial charge in [0.15, 0.2) is 0 Å². The first-order valence-electron chi connectivity index (χ1n) is 21.7. The van der Waals surface area contributed by atoms with Crippen LogP contribution in [0.3, 0.4) is 0 Å². The van der Waals surface area contributed by atoms with Crippen LogP contribution in [-0.4, -0.2) is 13.7 Å². The second kappa shape index (κ2) is 14.1. The summed E-state index contributed by atoms with van der Waals surface area (Å²) in [6.07, 6.45) is 0. The third kappa shape index (κ3) is 5.60. The lowest BCUT2D eigenvalue weighted by Gasteiger charge is -2.14. The van der Waals surface area contributed by atoms with Gasteiger partial charge in [-0.2, -0.15) is 0 Å². The highest BCUT2D eigenvalue weighted by molar-refractivity contribution is 6.14. The average molecular weight is 802 g/mol. The lowest BCUT2D eigenvalue weighted by molar-refractivity contribution is 1.17. The molecule has 3 nitrogen and oxygen atoms in total. The van der Waals surface area contributed by atoms with Gasteiger partial charge in [0.1, 0.15) is 0 Å². The van der Waals surface area contributed by atoms with Crippen molar-refractivity contribution >= 4 is 65.4 Å². The minimum Gasteiger partial charge on any atom is -0.309 e. The van der Waals surface area contributed by atoms with Crippen LogP contribution in [0.1, 0.15) is 0 Å². The molecule has 3 aromatic heterocycles. The third-order valence-electron chi connectivity index (χ3n) is 13.0. The van der Waals surface area contributed by atoms with E-state index in [4.69, 9.17) is 0 Å². The number of fused-ring (bicyclic) bond motifs is 9. The Hall–Kier alpha value is -8.40. The molecule has 13 aromatic rings. The van der Waals surface area contributed by atoms with Crippen LogP contribution in [0.2, 0.25) is 0 Å². The summed E-state index contributed by atoms with van der Waals surface area (Å²) in [5.74, 6) is 0. The summed E-state index contributed by atoms with van der Waals surface area (Å²) in [5.41, 5.74) is 17.8. The van der Waals surface area contributed by atoms with Crippen LogP contribution in [0.4, 0.5) is 0 Å². The Morgan fingerprint density at radius 1 is 0.175 bits per heavy atom. The van der Waals surface area contributed by atoms with Crippen LogP contribution in [-0.2, 0) is 0 Å². The van der Waals surface area contributed by atoms with Crippen molar-refractivity contribution in [2.24, 2.45) is 0 Å². The van der Waals surface area contributed by atoms with E-state index in [1.807, 2.05) is 0 Å². The number of hydrogen-bond acceptors (Lipinski definition) is 0. The van der Waals surface area contributed by atoms with Crippen LogP contribution >= 0.6 is 0 Å². The summed E-state index contributed by atoms with van der Waals surface area (Å²) >= 11 is 0. The lowest BCUT2D eigenvalue weighted by atomic mass is 9.98. The summed E-state index contributed by atoms with van der Waals surface area (Å²) < 4.78 is 7.27. The molecule has 63 heavy (non-hydrogen) atoms. The molecule has 0 amide bonds. The molecule has 0 N–H and O–H groups in total. The molecule has 10 aromatic carbocycles. The fourth-order valence-electron chi connectivity index (χ4n) is 10.2. The second-order valence-corrected chi connectivity index (χ2v) is 16.6. The Morgan fingerprint density at radius 3 is 1.03 bits per heavy atom. The minimum absolute atomic E-state index is 1.14. The molecule has 0 bridgehead atoms. The zero-order chi connectivity index (χ0) is 41.4. The van der Waals surface area contributed by atoms with Gasteiger partial charge in [-0.05, 0) is 124 Å². The maximum absolute atomic E-state index is 2.44. The van der Waals surface area contributed by atoms with E-state index < -0.39 is 0 Å². The van der Waals surface area contributed by atoms with Gasteiger partial charge in [-0.15, -0.1) is 0 Å². The molecule has 0 aliphatic heterocycles. The van der Waals surface area contributed by atoms with Gasteiger partial charge in [0.05, 0.1) is 33.1 Å². The van der Waals surface area contributed by atoms with E-state index in [9.17, 15) is 0 Å². The lowest BCUT2D eigenvalue weighted by Crippen LogP contribution is -1.97. The van der Waals surface area contributed by atoms with Crippen molar-refractivity contribution in [3.8, 4) is 50.4 Å². The summed E-state index contributed by atoms with van der Waals surface area (Å²) in [6, 6.07) is 86.5. The first kappa shape index (κ1) is 35.4. The molecule has 0 atom stereocenters. The predicted molar refractivity (Wildman–Crippen MR) is 266 cm³/mol. The standard InChI is InChI=1S/C60H39N3/c1-4-16-40(17-5-1)44-34-45(41-18-6-2-7-19-41)36-48(35-44)63-57-27-15-12-24-51(57)54-39-47(30-33-60(54)63)62-56-26-14-11-23-50(56)53-38-43(29-32-59(53)62)42-28-31-58-52(37-42)49-22-10-13-25-55(49)61(58)46-20-8-3-9-21-46/h1-39H. The van der Waals surface area contributed by atoms with E-state index in [0.717, 1.165) is 11.4 Å². The number of rotatable bonds is 6. The van der Waals surface area contributed by atoms with Crippen LogP contribution in [0, 0.1) is 0 Å². The molecular formula is C60H39N3. The maximum atomic E-state index is 2.44. The molecule has 0 saturated heterocycles. The SMILES string of the molecule is c1ccc(-c2cc(-c3ccccc3)cc(-n3c4ccccc4c4cc(-n5c6ccccc6c6cc(-c7ccc8c(c7)c7ccccc7n8-c7ccccc7)ccc65)ccc43)c2)cc1. The number of nitrogens with zero attached hydrogens (tertiary/aromatic N) is 3. The van der Waals surface area contributed by atoms with Crippen LogP contribution in [0.5, 0.6) is 0 Å². The van der Waals surface area contributed by atoms with Crippen molar-refractivity contribution in [1.82, 2.24) is 13.7 Å². The summed E-state index contributed by atoms with van der Waals surface area (Å²) in [5, 5.41) is 7.44. The van der Waals surface area contributed by atoms with Crippen LogP contribution in [0.25, 0.3) is 116 Å². The molecular weight excluding hydrogens is 763 g/mol. The van der Waals surface area contributed by atoms with Gasteiger partial charge in [0, 0.05) is 49.4 Å². The molecule has 0 aliphatic carbocycles. The van der Waals surface area contributed by atoms with E-state index in [1.54, 1.807) is 0 Å². The third-order valence-corrected chi connectivity index (χ3v) is 13.0. The Morgan fingerprint density at radius 2 is 0.540 bits per heavy atom. The van der Waals surface area contributed by atoms with E-state index in [2.05, 4.69) is 250 Å².